The van der Waals surface area contributed by atoms with Gasteiger partial charge in [0.2, 0.25) is 0 Å². The Bertz CT molecular complexity index is 502. The van der Waals surface area contributed by atoms with Crippen LogP contribution in [0.25, 0.3) is 0 Å². The molecule has 0 saturated heterocycles. The highest BCUT2D eigenvalue weighted by molar-refractivity contribution is 7.80. The number of amides is 1. The standard InChI is InChI=1S/C14H18N2O2S/c1-4-11-13(19)15-10-7-5-6-8-12(10)16(11)14(17)18-9(2)3/h5-9,11H,4H2,1-3H3,(H,15,19)/t11-/m0/s1. The topological polar surface area (TPSA) is 41.6 Å². The van der Waals surface area contributed by atoms with Gasteiger partial charge in [-0.05, 0) is 32.4 Å². The highest BCUT2D eigenvalue weighted by atomic mass is 32.1. The van der Waals surface area contributed by atoms with E-state index in [0.717, 1.165) is 17.8 Å². The van der Waals surface area contributed by atoms with Crippen molar-refractivity contribution in [2.45, 2.75) is 39.3 Å². The number of anilines is 2. The minimum atomic E-state index is -0.349. The molecule has 19 heavy (non-hydrogen) atoms. The Morgan fingerprint density at radius 2 is 2.16 bits per heavy atom. The zero-order chi connectivity index (χ0) is 14.0. The number of benzene rings is 1. The molecule has 4 nitrogen and oxygen atoms in total. The Labute approximate surface area is 118 Å². The van der Waals surface area contributed by atoms with Crippen LogP contribution in [0.4, 0.5) is 16.2 Å². The molecule has 1 aliphatic heterocycles. The molecule has 0 spiro atoms. The first-order valence-corrected chi connectivity index (χ1v) is 6.85. The molecule has 1 N–H and O–H groups in total. The molecule has 1 aromatic rings. The molecule has 102 valence electrons. The lowest BCUT2D eigenvalue weighted by Gasteiger charge is -2.37. The first-order chi connectivity index (χ1) is 9.04. The first kappa shape index (κ1) is 13.8. The van der Waals surface area contributed by atoms with Crippen molar-refractivity contribution in [3.8, 4) is 0 Å². The smallest absolute Gasteiger partial charge is 0.415 e. The third-order valence-corrected chi connectivity index (χ3v) is 3.33. The van der Waals surface area contributed by atoms with E-state index in [0.29, 0.717) is 4.99 Å². The van der Waals surface area contributed by atoms with Crippen LogP contribution >= 0.6 is 12.2 Å². The molecule has 0 radical (unpaired) electrons. The Kier molecular flexibility index (Phi) is 4.04. The summed E-state index contributed by atoms with van der Waals surface area (Å²) in [5, 5.41) is 3.18. The fraction of sp³-hybridized carbons (Fsp3) is 0.429. The largest absolute Gasteiger partial charge is 0.446 e. The van der Waals surface area contributed by atoms with Gasteiger partial charge in [0, 0.05) is 0 Å². The summed E-state index contributed by atoms with van der Waals surface area (Å²) in [4.78, 5) is 14.6. The van der Waals surface area contributed by atoms with E-state index < -0.39 is 0 Å². The van der Waals surface area contributed by atoms with E-state index in [4.69, 9.17) is 17.0 Å². The van der Waals surface area contributed by atoms with Crippen molar-refractivity contribution in [1.29, 1.82) is 0 Å². The van der Waals surface area contributed by atoms with Gasteiger partial charge >= 0.3 is 6.09 Å². The van der Waals surface area contributed by atoms with E-state index in [9.17, 15) is 4.79 Å². The minimum Gasteiger partial charge on any atom is -0.446 e. The van der Waals surface area contributed by atoms with Crippen molar-refractivity contribution in [2.75, 3.05) is 10.2 Å². The maximum absolute atomic E-state index is 12.3. The van der Waals surface area contributed by atoms with Crippen LogP contribution in [0.2, 0.25) is 0 Å². The molecule has 0 bridgehead atoms. The van der Waals surface area contributed by atoms with Crippen molar-refractivity contribution in [1.82, 2.24) is 0 Å². The number of nitrogens with zero attached hydrogens (tertiary/aromatic N) is 1. The monoisotopic (exact) mass is 278 g/mol. The summed E-state index contributed by atoms with van der Waals surface area (Å²) < 4.78 is 5.33. The number of carbonyl (C=O) groups excluding carboxylic acids is 1. The van der Waals surface area contributed by atoms with E-state index in [1.807, 2.05) is 45.0 Å². The molecule has 2 rings (SSSR count). The number of carbonyl (C=O) groups is 1. The second-order valence-corrected chi connectivity index (χ2v) is 5.17. The SMILES string of the molecule is CC[C@H]1C(=S)Nc2ccccc2N1C(=O)OC(C)C. The van der Waals surface area contributed by atoms with Crippen LogP contribution in [0.1, 0.15) is 27.2 Å². The maximum Gasteiger partial charge on any atom is 0.415 e. The lowest BCUT2D eigenvalue weighted by Crippen LogP contribution is -2.50. The molecule has 1 aromatic carbocycles. The van der Waals surface area contributed by atoms with Gasteiger partial charge in [0.25, 0.3) is 0 Å². The van der Waals surface area contributed by atoms with E-state index in [1.54, 1.807) is 4.90 Å². The summed E-state index contributed by atoms with van der Waals surface area (Å²) in [7, 11) is 0. The molecular weight excluding hydrogens is 260 g/mol. The number of thiocarbonyl (C=S) groups is 1. The molecule has 1 aliphatic rings. The summed E-state index contributed by atoms with van der Waals surface area (Å²) in [5.74, 6) is 0. The molecule has 0 aromatic heterocycles. The van der Waals surface area contributed by atoms with Gasteiger partial charge in [-0.3, -0.25) is 4.90 Å². The first-order valence-electron chi connectivity index (χ1n) is 6.44. The average molecular weight is 278 g/mol. The van der Waals surface area contributed by atoms with E-state index >= 15 is 0 Å². The maximum atomic E-state index is 12.3. The van der Waals surface area contributed by atoms with E-state index in [-0.39, 0.29) is 18.2 Å². The predicted molar refractivity (Wildman–Crippen MR) is 80.8 cm³/mol. The van der Waals surface area contributed by atoms with Gasteiger partial charge in [0.15, 0.2) is 0 Å². The average Bonchev–Trinajstić information content (AvgIpc) is 2.36. The number of hydrogen-bond donors (Lipinski definition) is 1. The predicted octanol–water partition coefficient (Wildman–Crippen LogP) is 3.57. The third kappa shape index (κ3) is 2.71. The summed E-state index contributed by atoms with van der Waals surface area (Å²) in [5.41, 5.74) is 1.66. The lowest BCUT2D eigenvalue weighted by molar-refractivity contribution is 0.121. The van der Waals surface area contributed by atoms with Crippen LogP contribution < -0.4 is 10.2 Å². The molecule has 1 amide bonds. The van der Waals surface area contributed by atoms with Gasteiger partial charge in [0.1, 0.15) is 4.99 Å². The number of hydrogen-bond acceptors (Lipinski definition) is 3. The van der Waals surface area contributed by atoms with Gasteiger partial charge in [0.05, 0.1) is 23.5 Å². The molecule has 0 aliphatic carbocycles. The highest BCUT2D eigenvalue weighted by Crippen LogP contribution is 2.33. The zero-order valence-corrected chi connectivity index (χ0v) is 12.2. The third-order valence-electron chi connectivity index (χ3n) is 2.96. The van der Waals surface area contributed by atoms with Crippen LogP contribution in [0.5, 0.6) is 0 Å². The molecule has 1 atom stereocenters. The summed E-state index contributed by atoms with van der Waals surface area (Å²) >= 11 is 5.35. The number of ether oxygens (including phenoxy) is 1. The molecule has 0 unspecified atom stereocenters. The van der Waals surface area contributed by atoms with Crippen molar-refractivity contribution in [3.63, 3.8) is 0 Å². The number of rotatable bonds is 2. The number of para-hydroxylation sites is 2. The Hall–Kier alpha value is -1.62. The van der Waals surface area contributed by atoms with Crippen molar-refractivity contribution >= 4 is 34.7 Å². The quantitative estimate of drug-likeness (QED) is 0.840. The van der Waals surface area contributed by atoms with Gasteiger partial charge in [-0.1, -0.05) is 31.3 Å². The lowest BCUT2D eigenvalue weighted by atomic mass is 10.1. The Morgan fingerprint density at radius 3 is 2.79 bits per heavy atom. The fourth-order valence-corrected chi connectivity index (χ4v) is 2.52. The zero-order valence-electron chi connectivity index (χ0n) is 11.3. The second-order valence-electron chi connectivity index (χ2n) is 4.73. The Balaban J connectivity index is 2.41. The molecule has 1 heterocycles. The molecular formula is C14H18N2O2S. The van der Waals surface area contributed by atoms with E-state index in [2.05, 4.69) is 5.32 Å². The van der Waals surface area contributed by atoms with Crippen LogP contribution in [0.3, 0.4) is 0 Å². The minimum absolute atomic E-state index is 0.152. The van der Waals surface area contributed by atoms with Crippen LogP contribution in [0, 0.1) is 0 Å². The molecule has 0 saturated carbocycles. The highest BCUT2D eigenvalue weighted by Gasteiger charge is 2.34. The van der Waals surface area contributed by atoms with E-state index in [1.165, 1.54) is 0 Å². The van der Waals surface area contributed by atoms with Crippen LogP contribution in [0.15, 0.2) is 24.3 Å². The summed E-state index contributed by atoms with van der Waals surface area (Å²) in [6.45, 7) is 5.68. The number of nitrogens with one attached hydrogen (secondary N) is 1. The van der Waals surface area contributed by atoms with Gasteiger partial charge in [-0.15, -0.1) is 0 Å². The van der Waals surface area contributed by atoms with Crippen molar-refractivity contribution < 1.29 is 9.53 Å². The molecule has 5 heteroatoms. The summed E-state index contributed by atoms with van der Waals surface area (Å²) in [6.07, 6.45) is 0.242. The molecule has 0 fully saturated rings. The van der Waals surface area contributed by atoms with Crippen molar-refractivity contribution in [2.24, 2.45) is 0 Å². The fourth-order valence-electron chi connectivity index (χ4n) is 2.14. The van der Waals surface area contributed by atoms with Crippen LogP contribution in [-0.2, 0) is 4.74 Å². The van der Waals surface area contributed by atoms with Gasteiger partial charge in [-0.2, -0.15) is 0 Å². The van der Waals surface area contributed by atoms with Crippen molar-refractivity contribution in [3.05, 3.63) is 24.3 Å². The van der Waals surface area contributed by atoms with Gasteiger partial charge < -0.3 is 10.1 Å². The summed E-state index contributed by atoms with van der Waals surface area (Å²) in [6, 6.07) is 7.46. The van der Waals surface area contributed by atoms with Gasteiger partial charge in [-0.25, -0.2) is 4.79 Å². The second kappa shape index (κ2) is 5.57. The van der Waals surface area contributed by atoms with Crippen LogP contribution in [-0.4, -0.2) is 23.2 Å². The number of fused-ring (bicyclic) bond motifs is 1. The normalized spacial score (nSPS) is 18.0. The Morgan fingerprint density at radius 1 is 1.47 bits per heavy atom.